The van der Waals surface area contributed by atoms with Crippen LogP contribution in [0.1, 0.15) is 37.6 Å². The molecule has 1 saturated heterocycles. The Hall–Kier alpha value is -3.81. The van der Waals surface area contributed by atoms with Crippen LogP contribution in [0.15, 0.2) is 59.0 Å². The second-order valence-corrected chi connectivity index (χ2v) is 9.00. The summed E-state index contributed by atoms with van der Waals surface area (Å²) in [6, 6.07) is 17.1. The van der Waals surface area contributed by atoms with Crippen molar-refractivity contribution in [1.29, 1.82) is 0 Å². The molecule has 1 aliphatic rings. The van der Waals surface area contributed by atoms with Gasteiger partial charge in [0.15, 0.2) is 0 Å². The Morgan fingerprint density at radius 1 is 1.08 bits per heavy atom. The van der Waals surface area contributed by atoms with Crippen LogP contribution in [0, 0.1) is 18.8 Å². The van der Waals surface area contributed by atoms with Crippen molar-refractivity contribution >= 4 is 12.1 Å². The monoisotopic (exact) mass is 492 g/mol. The van der Waals surface area contributed by atoms with Crippen molar-refractivity contribution < 1.29 is 28.6 Å². The number of carboxylic acid groups (broad SMARTS) is 1. The summed E-state index contributed by atoms with van der Waals surface area (Å²) < 4.78 is 17.1. The number of oxazole rings is 1. The largest absolute Gasteiger partial charge is 0.481 e. The van der Waals surface area contributed by atoms with Gasteiger partial charge < -0.3 is 23.9 Å². The standard InChI is InChI=1S/C28H32N2O6/c1-3-24(27(31)32)20-13-16-30(17-14-20)28(33)34-18-15-25-19(2)35-26(29-25)21-9-11-23(12-10-21)36-22-7-5-4-6-8-22/h4-12,20,24H,3,13-18H2,1-2H3,(H,31,32). The minimum atomic E-state index is -0.752. The normalized spacial score (nSPS) is 14.9. The number of aliphatic carboxylic acids is 1. The molecule has 1 amide bonds. The van der Waals surface area contributed by atoms with E-state index in [-0.39, 0.29) is 24.5 Å². The Kier molecular flexibility index (Phi) is 8.25. The first-order chi connectivity index (χ1) is 17.4. The zero-order chi connectivity index (χ0) is 25.5. The van der Waals surface area contributed by atoms with Crippen molar-refractivity contribution in [2.75, 3.05) is 19.7 Å². The number of para-hydroxylation sites is 1. The van der Waals surface area contributed by atoms with Gasteiger partial charge in [0, 0.05) is 25.1 Å². The van der Waals surface area contributed by atoms with Crippen LogP contribution < -0.4 is 4.74 Å². The Morgan fingerprint density at radius 2 is 1.75 bits per heavy atom. The van der Waals surface area contributed by atoms with Gasteiger partial charge in [-0.2, -0.15) is 0 Å². The fourth-order valence-corrected chi connectivity index (χ4v) is 4.59. The number of likely N-dealkylation sites (tertiary alicyclic amines) is 1. The molecule has 1 fully saturated rings. The van der Waals surface area contributed by atoms with Gasteiger partial charge in [0.25, 0.3) is 0 Å². The maximum absolute atomic E-state index is 12.5. The van der Waals surface area contributed by atoms with Crippen LogP contribution in [0.4, 0.5) is 4.79 Å². The lowest BCUT2D eigenvalue weighted by molar-refractivity contribution is -0.144. The highest BCUT2D eigenvalue weighted by Gasteiger charge is 2.31. The summed E-state index contributed by atoms with van der Waals surface area (Å²) in [7, 11) is 0. The number of carbonyl (C=O) groups is 2. The molecule has 3 aromatic rings. The van der Waals surface area contributed by atoms with E-state index < -0.39 is 5.97 Å². The molecule has 1 atom stereocenters. The first kappa shape index (κ1) is 25.3. The number of piperidine rings is 1. The van der Waals surface area contributed by atoms with E-state index in [1.165, 1.54) is 0 Å². The van der Waals surface area contributed by atoms with E-state index in [0.29, 0.717) is 50.4 Å². The van der Waals surface area contributed by atoms with Crippen molar-refractivity contribution in [2.24, 2.45) is 11.8 Å². The van der Waals surface area contributed by atoms with Crippen molar-refractivity contribution in [3.8, 4) is 23.0 Å². The molecule has 0 radical (unpaired) electrons. The van der Waals surface area contributed by atoms with Crippen molar-refractivity contribution in [3.63, 3.8) is 0 Å². The fourth-order valence-electron chi connectivity index (χ4n) is 4.59. The predicted octanol–water partition coefficient (Wildman–Crippen LogP) is 5.94. The maximum Gasteiger partial charge on any atom is 0.409 e. The van der Waals surface area contributed by atoms with Crippen LogP contribution in [-0.4, -0.2) is 46.7 Å². The summed E-state index contributed by atoms with van der Waals surface area (Å²) in [6.07, 6.45) is 2.05. The van der Waals surface area contributed by atoms with E-state index in [2.05, 4.69) is 4.98 Å². The fraction of sp³-hybridized carbons (Fsp3) is 0.393. The van der Waals surface area contributed by atoms with Crippen molar-refractivity contribution in [2.45, 2.75) is 39.5 Å². The third-order valence-electron chi connectivity index (χ3n) is 6.66. The van der Waals surface area contributed by atoms with E-state index in [1.54, 1.807) is 4.90 Å². The zero-order valence-electron chi connectivity index (χ0n) is 20.7. The smallest absolute Gasteiger partial charge is 0.409 e. The van der Waals surface area contributed by atoms with E-state index in [0.717, 1.165) is 22.8 Å². The Bertz CT molecular complexity index is 1150. The molecule has 0 saturated carbocycles. The lowest BCUT2D eigenvalue weighted by Gasteiger charge is -2.33. The number of rotatable bonds is 9. The van der Waals surface area contributed by atoms with Crippen molar-refractivity contribution in [1.82, 2.24) is 9.88 Å². The second-order valence-electron chi connectivity index (χ2n) is 9.00. The summed E-state index contributed by atoms with van der Waals surface area (Å²) >= 11 is 0. The molecule has 0 aliphatic carbocycles. The molecule has 190 valence electrons. The highest BCUT2D eigenvalue weighted by atomic mass is 16.6. The zero-order valence-corrected chi connectivity index (χ0v) is 20.7. The van der Waals surface area contributed by atoms with Crippen LogP contribution in [0.5, 0.6) is 11.5 Å². The third kappa shape index (κ3) is 6.24. The first-order valence-corrected chi connectivity index (χ1v) is 12.4. The van der Waals surface area contributed by atoms with Crippen LogP contribution in [0.25, 0.3) is 11.5 Å². The molecule has 8 heteroatoms. The van der Waals surface area contributed by atoms with Gasteiger partial charge in [0.2, 0.25) is 5.89 Å². The number of carboxylic acids is 1. The van der Waals surface area contributed by atoms with Gasteiger partial charge in [0.05, 0.1) is 18.2 Å². The van der Waals surface area contributed by atoms with E-state index in [1.807, 2.05) is 68.4 Å². The molecular weight excluding hydrogens is 460 g/mol. The van der Waals surface area contributed by atoms with Crippen LogP contribution in [-0.2, 0) is 16.0 Å². The number of aromatic nitrogens is 1. The molecule has 0 bridgehead atoms. The van der Waals surface area contributed by atoms with Gasteiger partial charge in [-0.3, -0.25) is 4.79 Å². The molecule has 2 aromatic carbocycles. The van der Waals surface area contributed by atoms with Crippen LogP contribution >= 0.6 is 0 Å². The number of aryl methyl sites for hydroxylation is 1. The highest BCUT2D eigenvalue weighted by Crippen LogP contribution is 2.29. The molecule has 1 unspecified atom stereocenters. The molecule has 8 nitrogen and oxygen atoms in total. The highest BCUT2D eigenvalue weighted by molar-refractivity contribution is 5.70. The third-order valence-corrected chi connectivity index (χ3v) is 6.66. The van der Waals surface area contributed by atoms with Gasteiger partial charge in [-0.1, -0.05) is 25.1 Å². The Balaban J connectivity index is 1.26. The lowest BCUT2D eigenvalue weighted by Crippen LogP contribution is -2.41. The number of benzene rings is 2. The lowest BCUT2D eigenvalue weighted by atomic mass is 9.83. The second kappa shape index (κ2) is 11.7. The van der Waals surface area contributed by atoms with Gasteiger partial charge >= 0.3 is 12.1 Å². The minimum Gasteiger partial charge on any atom is -0.481 e. The topological polar surface area (TPSA) is 102 Å². The number of amides is 1. The first-order valence-electron chi connectivity index (χ1n) is 12.4. The molecule has 4 rings (SSSR count). The van der Waals surface area contributed by atoms with E-state index in [4.69, 9.17) is 13.9 Å². The van der Waals surface area contributed by atoms with E-state index >= 15 is 0 Å². The SMILES string of the molecule is CCC(C(=O)O)C1CCN(C(=O)OCCc2nc(-c3ccc(Oc4ccccc4)cc3)oc2C)CC1. The Morgan fingerprint density at radius 3 is 2.39 bits per heavy atom. The number of hydrogen-bond donors (Lipinski definition) is 1. The average Bonchev–Trinajstić information content (AvgIpc) is 3.26. The molecule has 36 heavy (non-hydrogen) atoms. The number of ether oxygens (including phenoxy) is 2. The molecule has 2 heterocycles. The number of carbonyl (C=O) groups excluding carboxylic acids is 1. The van der Waals surface area contributed by atoms with E-state index in [9.17, 15) is 14.7 Å². The van der Waals surface area contributed by atoms with Crippen molar-refractivity contribution in [3.05, 3.63) is 66.1 Å². The van der Waals surface area contributed by atoms with Gasteiger partial charge in [-0.15, -0.1) is 0 Å². The van der Waals surface area contributed by atoms with Gasteiger partial charge in [0.1, 0.15) is 17.3 Å². The summed E-state index contributed by atoms with van der Waals surface area (Å²) in [5, 5.41) is 9.36. The quantitative estimate of drug-likeness (QED) is 0.394. The molecular formula is C28H32N2O6. The average molecular weight is 493 g/mol. The summed E-state index contributed by atoms with van der Waals surface area (Å²) in [4.78, 5) is 30.1. The molecule has 1 aromatic heterocycles. The van der Waals surface area contributed by atoms with Gasteiger partial charge in [-0.25, -0.2) is 9.78 Å². The molecule has 1 aliphatic heterocycles. The van der Waals surface area contributed by atoms with Crippen LogP contribution in [0.2, 0.25) is 0 Å². The Labute approximate surface area is 210 Å². The number of nitrogens with zero attached hydrogens (tertiary/aromatic N) is 2. The molecule has 1 N–H and O–H groups in total. The summed E-state index contributed by atoms with van der Waals surface area (Å²) in [6.45, 7) is 4.97. The summed E-state index contributed by atoms with van der Waals surface area (Å²) in [5.74, 6) is 1.68. The number of hydrogen-bond acceptors (Lipinski definition) is 6. The minimum absolute atomic E-state index is 0.103. The summed E-state index contributed by atoms with van der Waals surface area (Å²) in [5.41, 5.74) is 1.57. The predicted molar refractivity (Wildman–Crippen MR) is 134 cm³/mol. The van der Waals surface area contributed by atoms with Crippen LogP contribution in [0.3, 0.4) is 0 Å². The maximum atomic E-state index is 12.5. The molecule has 0 spiro atoms. The van der Waals surface area contributed by atoms with Gasteiger partial charge in [-0.05, 0) is 68.5 Å².